The average Bonchev–Trinajstić information content (AvgIpc) is 1.85. The Morgan fingerprint density at radius 2 is 2.10 bits per heavy atom. The van der Waals surface area contributed by atoms with Crippen molar-refractivity contribution in [1.29, 1.82) is 0 Å². The Balaban J connectivity index is 3.06. The molecule has 1 N–H and O–H groups in total. The zero-order valence-corrected chi connectivity index (χ0v) is 8.05. The van der Waals surface area contributed by atoms with Gasteiger partial charge in [-0.15, -0.1) is 0 Å². The molecule has 1 nitrogen and oxygen atoms in total. The van der Waals surface area contributed by atoms with Gasteiger partial charge in [0.1, 0.15) is 0 Å². The van der Waals surface area contributed by atoms with Crippen molar-refractivity contribution < 1.29 is 5.11 Å². The zero-order valence-electron chi connectivity index (χ0n) is 5.28. The molecule has 0 aromatic heterocycles. The van der Waals surface area contributed by atoms with Gasteiger partial charge in [0.05, 0.1) is 0 Å². The van der Waals surface area contributed by atoms with Crippen LogP contribution in [0.5, 0.6) is 5.75 Å². The molecule has 0 radical (unpaired) electrons. The Morgan fingerprint density at radius 3 is 2.60 bits per heavy atom. The summed E-state index contributed by atoms with van der Waals surface area (Å²) in [4.78, 5) is 0.807. The standard InChI is InChI=1S/C7H8OSSe/c8-6-1-5(4-10)2-7(9)3-6/h1-3,8-10H,4H2. The third kappa shape index (κ3) is 1.94. The molecule has 0 aliphatic rings. The molecule has 0 unspecified atom stereocenters. The van der Waals surface area contributed by atoms with Gasteiger partial charge >= 0.3 is 73.5 Å². The Labute approximate surface area is 73.7 Å². The van der Waals surface area contributed by atoms with E-state index in [4.69, 9.17) is 5.11 Å². The monoisotopic (exact) mass is 220 g/mol. The molecule has 1 aromatic carbocycles. The van der Waals surface area contributed by atoms with Crippen molar-refractivity contribution in [3.63, 3.8) is 0 Å². The summed E-state index contributed by atoms with van der Waals surface area (Å²) in [6, 6.07) is 5.29. The van der Waals surface area contributed by atoms with Gasteiger partial charge in [-0.2, -0.15) is 0 Å². The van der Waals surface area contributed by atoms with E-state index in [1.807, 2.05) is 6.07 Å². The fraction of sp³-hybridized carbons (Fsp3) is 0.143. The summed E-state index contributed by atoms with van der Waals surface area (Å²) in [6.45, 7) is 0. The van der Waals surface area contributed by atoms with Crippen LogP contribution in [-0.4, -0.2) is 21.1 Å². The van der Waals surface area contributed by atoms with Gasteiger partial charge in [0.2, 0.25) is 0 Å². The molecule has 0 bridgehead atoms. The summed E-state index contributed by atoms with van der Waals surface area (Å²) in [6.07, 6.45) is 0. The Bertz CT molecular complexity index is 217. The van der Waals surface area contributed by atoms with E-state index in [0.717, 1.165) is 15.8 Å². The van der Waals surface area contributed by atoms with Crippen molar-refractivity contribution in [2.24, 2.45) is 0 Å². The average molecular weight is 219 g/mol. The first-order chi connectivity index (χ1) is 4.72. The molecule has 10 heavy (non-hydrogen) atoms. The van der Waals surface area contributed by atoms with E-state index in [2.05, 4.69) is 28.6 Å². The first-order valence-electron chi connectivity index (χ1n) is 2.85. The van der Waals surface area contributed by atoms with Crippen molar-refractivity contribution in [1.82, 2.24) is 0 Å². The Hall–Kier alpha value is -0.111. The van der Waals surface area contributed by atoms with Crippen molar-refractivity contribution in [3.8, 4) is 5.75 Å². The second-order valence-corrected chi connectivity index (χ2v) is 3.20. The normalized spacial score (nSPS) is 9.80. The summed E-state index contributed by atoms with van der Waals surface area (Å²) in [7, 11) is 0. The molecule has 0 saturated carbocycles. The van der Waals surface area contributed by atoms with Crippen LogP contribution in [-0.2, 0) is 5.32 Å². The van der Waals surface area contributed by atoms with E-state index in [-0.39, 0.29) is 5.75 Å². The van der Waals surface area contributed by atoms with Crippen LogP contribution in [0.3, 0.4) is 0 Å². The predicted octanol–water partition coefficient (Wildman–Crippen LogP) is 1.08. The molecule has 0 spiro atoms. The molecule has 0 heterocycles. The van der Waals surface area contributed by atoms with Gasteiger partial charge in [0.15, 0.2) is 0 Å². The number of rotatable bonds is 1. The maximum atomic E-state index is 9.07. The second kappa shape index (κ2) is 3.33. The fourth-order valence-corrected chi connectivity index (χ4v) is 1.43. The molecule has 3 heteroatoms. The molecule has 0 aliphatic carbocycles. The maximum absolute atomic E-state index is 9.07. The molecular weight excluding hydrogens is 211 g/mol. The summed E-state index contributed by atoms with van der Waals surface area (Å²) < 4.78 is 0. The Kier molecular flexibility index (Phi) is 2.66. The minimum atomic E-state index is 0.286. The van der Waals surface area contributed by atoms with E-state index < -0.39 is 0 Å². The summed E-state index contributed by atoms with van der Waals surface area (Å²) in [5, 5.41) is 9.94. The van der Waals surface area contributed by atoms with Crippen LogP contribution in [0.15, 0.2) is 23.1 Å². The van der Waals surface area contributed by atoms with Crippen LogP contribution in [0, 0.1) is 0 Å². The first-order valence-corrected chi connectivity index (χ1v) is 4.62. The number of phenolic OH excluding ortho intramolecular Hbond substituents is 1. The van der Waals surface area contributed by atoms with E-state index in [0.29, 0.717) is 0 Å². The van der Waals surface area contributed by atoms with Crippen LogP contribution in [0.2, 0.25) is 0 Å². The van der Waals surface area contributed by atoms with Crippen molar-refractivity contribution in [2.45, 2.75) is 10.2 Å². The van der Waals surface area contributed by atoms with E-state index in [1.54, 1.807) is 12.1 Å². The van der Waals surface area contributed by atoms with Gasteiger partial charge in [-0.25, -0.2) is 0 Å². The van der Waals surface area contributed by atoms with Crippen LogP contribution in [0.4, 0.5) is 0 Å². The molecule has 1 aromatic rings. The molecule has 0 aliphatic heterocycles. The fourth-order valence-electron chi connectivity index (χ4n) is 0.748. The SMILES string of the molecule is Oc1cc(S)cc(C[SeH])c1. The summed E-state index contributed by atoms with van der Waals surface area (Å²) in [5.41, 5.74) is 1.09. The van der Waals surface area contributed by atoms with Gasteiger partial charge in [-0.3, -0.25) is 0 Å². The van der Waals surface area contributed by atoms with E-state index in [1.165, 1.54) is 0 Å². The van der Waals surface area contributed by atoms with Gasteiger partial charge in [0.25, 0.3) is 0 Å². The number of benzene rings is 1. The van der Waals surface area contributed by atoms with Crippen molar-refractivity contribution >= 4 is 28.6 Å². The van der Waals surface area contributed by atoms with Crippen LogP contribution in [0.25, 0.3) is 0 Å². The number of thiol groups is 1. The molecule has 0 atom stereocenters. The number of aromatic hydroxyl groups is 1. The van der Waals surface area contributed by atoms with Crippen LogP contribution in [0.1, 0.15) is 5.56 Å². The van der Waals surface area contributed by atoms with Crippen LogP contribution < -0.4 is 0 Å². The third-order valence-electron chi connectivity index (χ3n) is 1.14. The zero-order chi connectivity index (χ0) is 7.56. The van der Waals surface area contributed by atoms with Crippen LogP contribution >= 0.6 is 12.6 Å². The van der Waals surface area contributed by atoms with Crippen molar-refractivity contribution in [2.75, 3.05) is 0 Å². The molecule has 0 saturated heterocycles. The second-order valence-electron chi connectivity index (χ2n) is 2.02. The van der Waals surface area contributed by atoms with Gasteiger partial charge in [-0.1, -0.05) is 0 Å². The molecule has 0 amide bonds. The third-order valence-corrected chi connectivity index (χ3v) is 2.17. The van der Waals surface area contributed by atoms with Gasteiger partial charge < -0.3 is 0 Å². The van der Waals surface area contributed by atoms with E-state index >= 15 is 0 Å². The molecule has 54 valence electrons. The Morgan fingerprint density at radius 1 is 1.40 bits per heavy atom. The number of hydrogen-bond acceptors (Lipinski definition) is 2. The van der Waals surface area contributed by atoms with Gasteiger partial charge in [0, 0.05) is 0 Å². The molecular formula is C7H8OSSe. The molecule has 0 fully saturated rings. The number of hydrogen-bond donors (Lipinski definition) is 2. The quantitative estimate of drug-likeness (QED) is 0.535. The predicted molar refractivity (Wildman–Crippen MR) is 46.2 cm³/mol. The van der Waals surface area contributed by atoms with E-state index in [9.17, 15) is 0 Å². The number of phenols is 1. The molecule has 1 rings (SSSR count). The summed E-state index contributed by atoms with van der Waals surface area (Å²) in [5.74, 6) is 0.286. The topological polar surface area (TPSA) is 20.2 Å². The van der Waals surface area contributed by atoms with Crippen molar-refractivity contribution in [3.05, 3.63) is 23.8 Å². The first kappa shape index (κ1) is 7.99. The minimum absolute atomic E-state index is 0.286. The van der Waals surface area contributed by atoms with Gasteiger partial charge in [-0.05, 0) is 0 Å². The summed E-state index contributed by atoms with van der Waals surface area (Å²) >= 11 is 6.57.